The van der Waals surface area contributed by atoms with Gasteiger partial charge in [-0.2, -0.15) is 4.98 Å². The fourth-order valence-electron chi connectivity index (χ4n) is 1.60. The van der Waals surface area contributed by atoms with Crippen LogP contribution in [0.1, 0.15) is 12.7 Å². The van der Waals surface area contributed by atoms with E-state index in [4.69, 9.17) is 15.0 Å². The van der Waals surface area contributed by atoms with E-state index in [0.717, 1.165) is 6.07 Å². The molecule has 0 bridgehead atoms. The number of hydrogen-bond donors (Lipinski definition) is 1. The average molecular weight is 269 g/mol. The SMILES string of the molecule is COCC(C)(N)c1noc(-c2cccc(F)c2F)n1. The van der Waals surface area contributed by atoms with E-state index in [1.807, 2.05) is 0 Å². The van der Waals surface area contributed by atoms with Crippen molar-refractivity contribution >= 4 is 0 Å². The highest BCUT2D eigenvalue weighted by Gasteiger charge is 2.28. The Bertz CT molecular complexity index is 584. The van der Waals surface area contributed by atoms with Crippen molar-refractivity contribution in [2.75, 3.05) is 13.7 Å². The standard InChI is InChI=1S/C12H13F2N3O2/c1-12(15,6-18-2)11-16-10(19-17-11)7-4-3-5-8(13)9(7)14/h3-5H,6,15H2,1-2H3. The first kappa shape index (κ1) is 13.6. The van der Waals surface area contributed by atoms with Crippen molar-refractivity contribution in [1.82, 2.24) is 10.1 Å². The summed E-state index contributed by atoms with van der Waals surface area (Å²) >= 11 is 0. The largest absolute Gasteiger partial charge is 0.382 e. The molecule has 2 rings (SSSR count). The Morgan fingerprint density at radius 3 is 2.84 bits per heavy atom. The van der Waals surface area contributed by atoms with Gasteiger partial charge in [0, 0.05) is 7.11 Å². The molecule has 1 aromatic carbocycles. The molecule has 0 aliphatic rings. The zero-order valence-electron chi connectivity index (χ0n) is 10.5. The minimum absolute atomic E-state index is 0.105. The van der Waals surface area contributed by atoms with E-state index in [2.05, 4.69) is 10.1 Å². The summed E-state index contributed by atoms with van der Waals surface area (Å²) in [6, 6.07) is 3.71. The van der Waals surface area contributed by atoms with Crippen LogP contribution in [0.5, 0.6) is 0 Å². The summed E-state index contributed by atoms with van der Waals surface area (Å²) in [5.41, 5.74) is 4.85. The van der Waals surface area contributed by atoms with Gasteiger partial charge in [-0.3, -0.25) is 0 Å². The lowest BCUT2D eigenvalue weighted by atomic mass is 10.1. The number of nitrogens with zero attached hydrogens (tertiary/aromatic N) is 2. The van der Waals surface area contributed by atoms with Crippen LogP contribution in [0, 0.1) is 11.6 Å². The van der Waals surface area contributed by atoms with Gasteiger partial charge in [0.15, 0.2) is 17.5 Å². The third-order valence-electron chi connectivity index (χ3n) is 2.56. The third-order valence-corrected chi connectivity index (χ3v) is 2.56. The third kappa shape index (κ3) is 2.61. The van der Waals surface area contributed by atoms with Crippen molar-refractivity contribution in [3.05, 3.63) is 35.7 Å². The maximum Gasteiger partial charge on any atom is 0.261 e. The number of nitrogens with two attached hydrogens (primary N) is 1. The lowest BCUT2D eigenvalue weighted by Crippen LogP contribution is -2.38. The molecule has 1 heterocycles. The van der Waals surface area contributed by atoms with Crippen LogP contribution < -0.4 is 5.73 Å². The minimum Gasteiger partial charge on any atom is -0.382 e. The molecule has 1 unspecified atom stereocenters. The van der Waals surface area contributed by atoms with Crippen molar-refractivity contribution < 1.29 is 18.0 Å². The zero-order chi connectivity index (χ0) is 14.0. The molecule has 0 saturated heterocycles. The summed E-state index contributed by atoms with van der Waals surface area (Å²) in [4.78, 5) is 3.98. The number of halogens is 2. The summed E-state index contributed by atoms with van der Waals surface area (Å²) in [6.07, 6.45) is 0. The molecule has 0 aliphatic heterocycles. The highest BCUT2D eigenvalue weighted by molar-refractivity contribution is 5.53. The second-order valence-electron chi connectivity index (χ2n) is 4.37. The predicted octanol–water partition coefficient (Wildman–Crippen LogP) is 1.84. The number of ether oxygens (including phenoxy) is 1. The molecule has 0 radical (unpaired) electrons. The number of methoxy groups -OCH3 is 1. The summed E-state index contributed by atoms with van der Waals surface area (Å²) in [5, 5.41) is 3.67. The molecule has 0 saturated carbocycles. The first-order chi connectivity index (χ1) is 8.95. The van der Waals surface area contributed by atoms with Crippen molar-refractivity contribution in [1.29, 1.82) is 0 Å². The molecule has 2 N–H and O–H groups in total. The van der Waals surface area contributed by atoms with Crippen LogP contribution in [0.2, 0.25) is 0 Å². The zero-order valence-corrected chi connectivity index (χ0v) is 10.5. The van der Waals surface area contributed by atoms with Gasteiger partial charge in [0.05, 0.1) is 12.2 Å². The Balaban J connectivity index is 2.39. The van der Waals surface area contributed by atoms with E-state index >= 15 is 0 Å². The van der Waals surface area contributed by atoms with Gasteiger partial charge in [-0.25, -0.2) is 8.78 Å². The lowest BCUT2D eigenvalue weighted by molar-refractivity contribution is 0.135. The van der Waals surface area contributed by atoms with E-state index in [0.29, 0.717) is 0 Å². The number of aromatic nitrogens is 2. The van der Waals surface area contributed by atoms with Gasteiger partial charge in [0.1, 0.15) is 5.54 Å². The normalized spacial score (nSPS) is 14.4. The van der Waals surface area contributed by atoms with Gasteiger partial charge >= 0.3 is 0 Å². The molecular formula is C12H13F2N3O2. The lowest BCUT2D eigenvalue weighted by Gasteiger charge is -2.18. The molecule has 19 heavy (non-hydrogen) atoms. The van der Waals surface area contributed by atoms with Crippen LogP contribution in [-0.4, -0.2) is 23.9 Å². The number of benzene rings is 1. The second-order valence-corrected chi connectivity index (χ2v) is 4.37. The smallest absolute Gasteiger partial charge is 0.261 e. The molecule has 5 nitrogen and oxygen atoms in total. The summed E-state index contributed by atoms with van der Waals surface area (Å²) < 4.78 is 36.6. The molecule has 0 spiro atoms. The van der Waals surface area contributed by atoms with Crippen LogP contribution in [0.4, 0.5) is 8.78 Å². The molecule has 7 heteroatoms. The van der Waals surface area contributed by atoms with Gasteiger partial charge < -0.3 is 15.0 Å². The average Bonchev–Trinajstić information content (AvgIpc) is 2.82. The van der Waals surface area contributed by atoms with E-state index in [1.54, 1.807) is 6.92 Å². The van der Waals surface area contributed by atoms with Gasteiger partial charge in [-0.15, -0.1) is 0 Å². The van der Waals surface area contributed by atoms with Crippen molar-refractivity contribution in [2.45, 2.75) is 12.5 Å². The van der Waals surface area contributed by atoms with Crippen LogP contribution >= 0.6 is 0 Å². The Labute approximate surface area is 108 Å². The topological polar surface area (TPSA) is 74.2 Å². The molecule has 1 aromatic heterocycles. The van der Waals surface area contributed by atoms with Crippen molar-refractivity contribution in [2.24, 2.45) is 5.73 Å². The molecule has 2 aromatic rings. The van der Waals surface area contributed by atoms with Crippen LogP contribution in [-0.2, 0) is 10.3 Å². The molecule has 102 valence electrons. The Hall–Kier alpha value is -1.86. The minimum atomic E-state index is -1.04. The van der Waals surface area contributed by atoms with Crippen molar-refractivity contribution in [3.63, 3.8) is 0 Å². The van der Waals surface area contributed by atoms with Crippen LogP contribution in [0.25, 0.3) is 11.5 Å². The maximum atomic E-state index is 13.6. The fraction of sp³-hybridized carbons (Fsp3) is 0.333. The van der Waals surface area contributed by atoms with Crippen molar-refractivity contribution in [3.8, 4) is 11.5 Å². The second kappa shape index (κ2) is 5.02. The van der Waals surface area contributed by atoms with Gasteiger partial charge in [0.25, 0.3) is 5.89 Å². The van der Waals surface area contributed by atoms with E-state index in [1.165, 1.54) is 19.2 Å². The van der Waals surface area contributed by atoms with E-state index in [9.17, 15) is 8.78 Å². The Morgan fingerprint density at radius 2 is 2.16 bits per heavy atom. The first-order valence-electron chi connectivity index (χ1n) is 5.52. The maximum absolute atomic E-state index is 13.6. The molecule has 0 amide bonds. The molecule has 0 aliphatic carbocycles. The highest BCUT2D eigenvalue weighted by atomic mass is 19.2. The van der Waals surface area contributed by atoms with E-state index < -0.39 is 17.2 Å². The quantitative estimate of drug-likeness (QED) is 0.916. The molecule has 1 atom stereocenters. The molecule has 0 fully saturated rings. The van der Waals surface area contributed by atoms with Gasteiger partial charge in [0.2, 0.25) is 0 Å². The van der Waals surface area contributed by atoms with E-state index in [-0.39, 0.29) is 23.9 Å². The van der Waals surface area contributed by atoms with Crippen LogP contribution in [0.3, 0.4) is 0 Å². The summed E-state index contributed by atoms with van der Waals surface area (Å²) in [7, 11) is 1.48. The highest BCUT2D eigenvalue weighted by Crippen LogP contribution is 2.25. The fourth-order valence-corrected chi connectivity index (χ4v) is 1.60. The van der Waals surface area contributed by atoms with Crippen LogP contribution in [0.15, 0.2) is 22.7 Å². The molecular weight excluding hydrogens is 256 g/mol. The number of rotatable bonds is 4. The summed E-state index contributed by atoms with van der Waals surface area (Å²) in [6.45, 7) is 1.81. The monoisotopic (exact) mass is 269 g/mol. The van der Waals surface area contributed by atoms with Gasteiger partial charge in [-0.05, 0) is 19.1 Å². The first-order valence-corrected chi connectivity index (χ1v) is 5.52. The predicted molar refractivity (Wildman–Crippen MR) is 63.1 cm³/mol. The Morgan fingerprint density at radius 1 is 1.42 bits per heavy atom. The van der Waals surface area contributed by atoms with Gasteiger partial charge in [-0.1, -0.05) is 11.2 Å². The Kier molecular flexibility index (Phi) is 3.59. The summed E-state index contributed by atoms with van der Waals surface area (Å²) in [5.74, 6) is -1.99. The number of hydrogen-bond acceptors (Lipinski definition) is 5.